The summed E-state index contributed by atoms with van der Waals surface area (Å²) in [7, 11) is 0. The monoisotopic (exact) mass is 297 g/mol. The fourth-order valence-electron chi connectivity index (χ4n) is 4.56. The summed E-state index contributed by atoms with van der Waals surface area (Å²) < 4.78 is 5.10. The van der Waals surface area contributed by atoms with Crippen molar-refractivity contribution in [2.75, 3.05) is 13.1 Å². The van der Waals surface area contributed by atoms with Crippen molar-refractivity contribution in [1.82, 2.24) is 15.4 Å². The minimum Gasteiger partial charge on any atom is -0.356 e. The summed E-state index contributed by atoms with van der Waals surface area (Å²) in [6.45, 7) is 2.42. The zero-order chi connectivity index (χ0) is 14.7. The van der Waals surface area contributed by atoms with Crippen LogP contribution < -0.4 is 5.32 Å². The summed E-state index contributed by atoms with van der Waals surface area (Å²) >= 11 is 0. The molecule has 5 heteroatoms. The summed E-state index contributed by atoms with van der Waals surface area (Å²) in [4.78, 5) is 15.3. The van der Waals surface area contributed by atoms with Crippen molar-refractivity contribution in [3.8, 4) is 0 Å². The second-order valence-electron chi connectivity index (χ2n) is 6.96. The van der Waals surface area contributed by atoms with Crippen molar-refractivity contribution in [3.05, 3.63) is 30.0 Å². The zero-order valence-corrected chi connectivity index (χ0v) is 12.4. The van der Waals surface area contributed by atoms with Crippen LogP contribution in [0.15, 0.2) is 28.9 Å². The van der Waals surface area contributed by atoms with Crippen LogP contribution in [0.4, 0.5) is 0 Å². The van der Waals surface area contributed by atoms with E-state index in [0.29, 0.717) is 17.5 Å². The van der Waals surface area contributed by atoms with E-state index in [1.807, 2.05) is 18.2 Å². The molecule has 22 heavy (non-hydrogen) atoms. The quantitative estimate of drug-likeness (QED) is 0.923. The van der Waals surface area contributed by atoms with Gasteiger partial charge in [0.1, 0.15) is 0 Å². The second-order valence-corrected chi connectivity index (χ2v) is 6.96. The van der Waals surface area contributed by atoms with Crippen LogP contribution in [-0.2, 0) is 0 Å². The Hall–Kier alpha value is -1.88. The Morgan fingerprint density at radius 2 is 2.14 bits per heavy atom. The van der Waals surface area contributed by atoms with Crippen molar-refractivity contribution in [3.63, 3.8) is 0 Å². The Bertz CT molecular complexity index is 741. The Labute approximate surface area is 128 Å². The van der Waals surface area contributed by atoms with Gasteiger partial charge < -0.3 is 9.84 Å². The predicted molar refractivity (Wildman–Crippen MR) is 81.5 cm³/mol. The fraction of sp³-hybridized carbons (Fsp3) is 0.529. The van der Waals surface area contributed by atoms with Gasteiger partial charge in [-0.1, -0.05) is 5.16 Å². The molecule has 1 aliphatic carbocycles. The third-order valence-electron chi connectivity index (χ3n) is 5.88. The molecule has 114 valence electrons. The first kappa shape index (κ1) is 12.6. The first-order valence-corrected chi connectivity index (χ1v) is 8.17. The number of hydrogen-bond donors (Lipinski definition) is 1. The van der Waals surface area contributed by atoms with Gasteiger partial charge in [-0.25, -0.2) is 0 Å². The molecule has 3 aliphatic heterocycles. The molecule has 1 amide bonds. The fourth-order valence-corrected chi connectivity index (χ4v) is 4.56. The van der Waals surface area contributed by atoms with E-state index in [1.54, 1.807) is 6.20 Å². The molecule has 1 spiro atoms. The summed E-state index contributed by atoms with van der Waals surface area (Å²) in [5.41, 5.74) is 1.69. The molecule has 1 saturated carbocycles. The van der Waals surface area contributed by atoms with E-state index in [0.717, 1.165) is 11.0 Å². The van der Waals surface area contributed by atoms with Crippen molar-refractivity contribution >= 4 is 16.9 Å². The van der Waals surface area contributed by atoms with Gasteiger partial charge in [-0.15, -0.1) is 0 Å². The average molecular weight is 297 g/mol. The maximum atomic E-state index is 12.7. The van der Waals surface area contributed by atoms with Crippen LogP contribution in [0.25, 0.3) is 11.0 Å². The molecule has 2 aromatic rings. The van der Waals surface area contributed by atoms with Gasteiger partial charge in [0.05, 0.1) is 12.2 Å². The maximum absolute atomic E-state index is 12.7. The standard InChI is InChI=1S/C17H19N3O2/c21-16(12-1-2-14-13(9-12)10-18-22-14)19-15-11-3-7-20(8-4-11)17(15)5-6-17/h1-2,9-11,15H,3-8H2,(H,19,21)/t15-/m1/s1. The number of carbonyl (C=O) groups excluding carboxylic acids is 1. The molecule has 0 radical (unpaired) electrons. The molecule has 4 aliphatic rings. The highest BCUT2D eigenvalue weighted by Gasteiger charge is 2.60. The highest BCUT2D eigenvalue weighted by molar-refractivity contribution is 5.97. The Morgan fingerprint density at radius 1 is 1.32 bits per heavy atom. The molecule has 3 saturated heterocycles. The lowest BCUT2D eigenvalue weighted by molar-refractivity contribution is -0.00144. The highest BCUT2D eigenvalue weighted by Crippen LogP contribution is 2.53. The maximum Gasteiger partial charge on any atom is 0.251 e. The molecule has 4 heterocycles. The van der Waals surface area contributed by atoms with Crippen molar-refractivity contribution < 1.29 is 9.32 Å². The summed E-state index contributed by atoms with van der Waals surface area (Å²) in [5.74, 6) is 0.684. The van der Waals surface area contributed by atoms with Crippen molar-refractivity contribution in [2.45, 2.75) is 37.3 Å². The zero-order valence-electron chi connectivity index (χ0n) is 12.4. The number of aromatic nitrogens is 1. The summed E-state index contributed by atoms with van der Waals surface area (Å²) in [6.07, 6.45) is 6.57. The molecule has 0 unspecified atom stereocenters. The third kappa shape index (κ3) is 1.69. The molecule has 1 aromatic carbocycles. The van der Waals surface area contributed by atoms with E-state index < -0.39 is 0 Å². The molecule has 6 rings (SSSR count). The number of nitrogens with one attached hydrogen (secondary N) is 1. The number of hydrogen-bond acceptors (Lipinski definition) is 4. The van der Waals surface area contributed by atoms with Gasteiger partial charge in [0, 0.05) is 16.5 Å². The summed E-state index contributed by atoms with van der Waals surface area (Å²) in [6, 6.07) is 5.83. The van der Waals surface area contributed by atoms with Gasteiger partial charge in [-0.05, 0) is 62.9 Å². The Morgan fingerprint density at radius 3 is 2.91 bits per heavy atom. The minimum absolute atomic E-state index is 0.0353. The van der Waals surface area contributed by atoms with E-state index in [2.05, 4.69) is 15.4 Å². The number of rotatable bonds is 2. The largest absolute Gasteiger partial charge is 0.356 e. The number of nitrogens with zero attached hydrogens (tertiary/aromatic N) is 2. The molecule has 1 atom stereocenters. The van der Waals surface area contributed by atoms with Gasteiger partial charge in [-0.2, -0.15) is 0 Å². The van der Waals surface area contributed by atoms with Crippen LogP contribution in [-0.4, -0.2) is 40.6 Å². The molecule has 1 N–H and O–H groups in total. The number of benzene rings is 1. The lowest BCUT2D eigenvalue weighted by atomic mass is 9.77. The number of carbonyl (C=O) groups is 1. The lowest BCUT2D eigenvalue weighted by Gasteiger charge is -2.52. The van der Waals surface area contributed by atoms with Crippen LogP contribution in [0, 0.1) is 5.92 Å². The first-order valence-electron chi connectivity index (χ1n) is 8.17. The Balaban J connectivity index is 1.42. The summed E-state index contributed by atoms with van der Waals surface area (Å²) in [5, 5.41) is 7.99. The molecular formula is C17H19N3O2. The number of fused-ring (bicyclic) bond motifs is 3. The van der Waals surface area contributed by atoms with Gasteiger partial charge in [0.15, 0.2) is 5.58 Å². The van der Waals surface area contributed by atoms with E-state index >= 15 is 0 Å². The topological polar surface area (TPSA) is 58.4 Å². The molecule has 5 nitrogen and oxygen atoms in total. The smallest absolute Gasteiger partial charge is 0.251 e. The van der Waals surface area contributed by atoms with Gasteiger partial charge >= 0.3 is 0 Å². The minimum atomic E-state index is 0.0353. The number of amides is 1. The van der Waals surface area contributed by atoms with E-state index in [1.165, 1.54) is 38.8 Å². The van der Waals surface area contributed by atoms with Crippen LogP contribution in [0.3, 0.4) is 0 Å². The molecule has 2 bridgehead atoms. The van der Waals surface area contributed by atoms with Crippen molar-refractivity contribution in [1.29, 1.82) is 0 Å². The first-order chi connectivity index (χ1) is 10.8. The normalized spacial score (nSPS) is 31.5. The Kier molecular flexibility index (Phi) is 2.48. The van der Waals surface area contributed by atoms with E-state index in [-0.39, 0.29) is 11.4 Å². The molecule has 4 fully saturated rings. The van der Waals surface area contributed by atoms with E-state index in [4.69, 9.17) is 4.52 Å². The van der Waals surface area contributed by atoms with Gasteiger partial charge in [0.2, 0.25) is 0 Å². The SMILES string of the molecule is O=C(N[C@@H]1C2CCN(CC2)C12CC2)c1ccc2oncc2c1. The van der Waals surface area contributed by atoms with Crippen LogP contribution >= 0.6 is 0 Å². The van der Waals surface area contributed by atoms with Crippen LogP contribution in [0.1, 0.15) is 36.0 Å². The average Bonchev–Trinajstić information content (AvgIpc) is 3.18. The number of piperidine rings is 3. The van der Waals surface area contributed by atoms with Crippen LogP contribution in [0.2, 0.25) is 0 Å². The molecular weight excluding hydrogens is 278 g/mol. The van der Waals surface area contributed by atoms with Gasteiger partial charge in [-0.3, -0.25) is 9.69 Å². The van der Waals surface area contributed by atoms with Crippen molar-refractivity contribution in [2.24, 2.45) is 5.92 Å². The van der Waals surface area contributed by atoms with Gasteiger partial charge in [0.25, 0.3) is 5.91 Å². The predicted octanol–water partition coefficient (Wildman–Crippen LogP) is 2.18. The van der Waals surface area contributed by atoms with E-state index in [9.17, 15) is 4.79 Å². The second kappa shape index (κ2) is 4.32. The molecule has 1 aromatic heterocycles. The third-order valence-corrected chi connectivity index (χ3v) is 5.88. The van der Waals surface area contributed by atoms with Crippen LogP contribution in [0.5, 0.6) is 0 Å². The highest BCUT2D eigenvalue weighted by atomic mass is 16.5. The lowest BCUT2D eigenvalue weighted by Crippen LogP contribution is -2.65.